The molecule has 9 heteroatoms. The molecular formula is C29H31NO7Si. The first-order valence-corrected chi connectivity index (χ1v) is 15.4. The van der Waals surface area contributed by atoms with Crippen LogP contribution in [0.15, 0.2) is 41.7 Å². The molecule has 1 fully saturated rings. The Morgan fingerprint density at radius 2 is 1.82 bits per heavy atom. The van der Waals surface area contributed by atoms with Gasteiger partial charge in [0.1, 0.15) is 34.7 Å². The fourth-order valence-electron chi connectivity index (χ4n) is 5.78. The molecule has 5 atom stereocenters. The summed E-state index contributed by atoms with van der Waals surface area (Å²) >= 11 is 0. The van der Waals surface area contributed by atoms with Gasteiger partial charge in [-0.05, 0) is 48.5 Å². The molecule has 4 aliphatic rings. The number of rotatable bonds is 3. The molecule has 0 saturated carbocycles. The number of ether oxygens (including phenoxy) is 2. The minimum absolute atomic E-state index is 0.0616. The molecule has 0 aromatic heterocycles. The van der Waals surface area contributed by atoms with Crippen molar-refractivity contribution in [2.24, 2.45) is 11.8 Å². The van der Waals surface area contributed by atoms with Crippen molar-refractivity contribution in [2.45, 2.75) is 63.1 Å². The van der Waals surface area contributed by atoms with Gasteiger partial charge in [-0.2, -0.15) is 0 Å². The highest BCUT2D eigenvalue weighted by Crippen LogP contribution is 2.74. The summed E-state index contributed by atoms with van der Waals surface area (Å²) in [6.45, 7) is 12.4. The topological polar surface area (TPSA) is 109 Å². The molecule has 1 saturated heterocycles. The predicted octanol–water partition coefficient (Wildman–Crippen LogP) is 4.73. The van der Waals surface area contributed by atoms with Crippen LogP contribution in [0.1, 0.15) is 33.3 Å². The van der Waals surface area contributed by atoms with Crippen molar-refractivity contribution >= 4 is 26.1 Å². The maximum absolute atomic E-state index is 13.3. The van der Waals surface area contributed by atoms with Crippen LogP contribution in [-0.2, 0) is 19.9 Å². The minimum Gasteiger partial charge on any atom is -0.543 e. The zero-order valence-corrected chi connectivity index (χ0v) is 23.5. The number of fused-ring (bicyclic) bond motifs is 1. The lowest BCUT2D eigenvalue weighted by Crippen LogP contribution is -2.60. The number of benzene rings is 1. The molecule has 1 aromatic rings. The molecule has 2 aliphatic heterocycles. The number of epoxide rings is 1. The molecule has 2 aliphatic carbocycles. The number of carbonyl (C=O) groups excluding carboxylic acids is 1. The van der Waals surface area contributed by atoms with Crippen LogP contribution < -0.4 is 9.33 Å². The van der Waals surface area contributed by atoms with Gasteiger partial charge in [0.15, 0.2) is 0 Å². The van der Waals surface area contributed by atoms with Gasteiger partial charge in [0.05, 0.1) is 18.4 Å². The second kappa shape index (κ2) is 8.17. The van der Waals surface area contributed by atoms with E-state index < -0.39 is 49.5 Å². The van der Waals surface area contributed by atoms with E-state index in [1.807, 2.05) is 12.1 Å². The first-order chi connectivity index (χ1) is 17.7. The second-order valence-electron chi connectivity index (χ2n) is 11.6. The lowest BCUT2D eigenvalue weighted by Gasteiger charge is -2.45. The molecule has 2 N–H and O–H groups in total. The van der Waals surface area contributed by atoms with Crippen LogP contribution in [0.5, 0.6) is 5.75 Å². The van der Waals surface area contributed by atoms with Gasteiger partial charge in [-0.1, -0.05) is 51.4 Å². The number of carboxylic acid groups (broad SMARTS) is 1. The van der Waals surface area contributed by atoms with Crippen molar-refractivity contribution in [2.75, 3.05) is 12.0 Å². The van der Waals surface area contributed by atoms with Gasteiger partial charge < -0.3 is 24.1 Å². The summed E-state index contributed by atoms with van der Waals surface area (Å²) in [7, 11) is -0.954. The Hall–Kier alpha value is -3.66. The Morgan fingerprint density at radius 3 is 2.42 bits per heavy atom. The lowest BCUT2D eigenvalue weighted by atomic mass is 9.59. The van der Waals surface area contributed by atoms with Crippen LogP contribution >= 0.6 is 0 Å². The quantitative estimate of drug-likeness (QED) is 0.328. The SMILES string of the molecule is COC(=O)N1c2ccc(O[Si](C)(C)C(C)(C)C)cc2[C@@]23O[C@@]24[C@@H]1C#C/C=C\C#C[C@@H]3C(O)=C(C(=O)O)[C@@H]4C. The molecule has 5 rings (SSSR count). The zero-order valence-electron chi connectivity index (χ0n) is 22.5. The highest BCUT2D eigenvalue weighted by atomic mass is 28.4. The van der Waals surface area contributed by atoms with Gasteiger partial charge in [-0.3, -0.25) is 4.90 Å². The third kappa shape index (κ3) is 3.22. The van der Waals surface area contributed by atoms with Crippen molar-refractivity contribution < 1.29 is 33.7 Å². The number of hydrogen-bond acceptors (Lipinski definition) is 6. The molecular weight excluding hydrogens is 502 g/mol. The first-order valence-electron chi connectivity index (χ1n) is 12.5. The number of nitrogens with zero attached hydrogens (tertiary/aromatic N) is 1. The highest BCUT2D eigenvalue weighted by molar-refractivity contribution is 6.74. The van der Waals surface area contributed by atoms with E-state index in [9.17, 15) is 19.8 Å². The van der Waals surface area contributed by atoms with E-state index in [4.69, 9.17) is 13.9 Å². The number of carboxylic acids is 1. The molecule has 0 spiro atoms. The number of aliphatic carboxylic acids is 1. The maximum Gasteiger partial charge on any atom is 0.415 e. The van der Waals surface area contributed by atoms with Gasteiger partial charge in [0, 0.05) is 11.5 Å². The molecule has 0 radical (unpaired) electrons. The number of allylic oxidation sites excluding steroid dienone is 2. The summed E-state index contributed by atoms with van der Waals surface area (Å²) in [5.41, 5.74) is -1.68. The standard InChI is InChI=1S/C29H31NO7Si/c1-17-23(25(32)33)24(31)19-12-10-8-9-11-13-22-28(17)29(19,37-28)20-16-18(36-38(6,7)27(2,3)4)14-15-21(20)30(22)26(34)35-5/h8-9,14-17,19,22,31H,1-7H3,(H,32,33)/b9-8-/t17-,19+,22-,28-,29+/m0/s1. The first kappa shape index (κ1) is 26.0. The van der Waals surface area contributed by atoms with Gasteiger partial charge in [0.2, 0.25) is 8.32 Å². The van der Waals surface area contributed by atoms with E-state index >= 15 is 0 Å². The van der Waals surface area contributed by atoms with Crippen molar-refractivity contribution in [3.05, 3.63) is 47.2 Å². The average molecular weight is 534 g/mol. The van der Waals surface area contributed by atoms with E-state index in [0.717, 1.165) is 0 Å². The van der Waals surface area contributed by atoms with Crippen LogP contribution in [0.2, 0.25) is 18.1 Å². The Bertz CT molecular complexity index is 1450. The van der Waals surface area contributed by atoms with E-state index in [1.54, 1.807) is 19.1 Å². The van der Waals surface area contributed by atoms with Crippen molar-refractivity contribution in [3.8, 4) is 29.4 Å². The number of aliphatic hydroxyl groups excluding tert-OH is 1. The smallest absolute Gasteiger partial charge is 0.415 e. The fourth-order valence-corrected chi connectivity index (χ4v) is 6.80. The van der Waals surface area contributed by atoms with E-state index in [2.05, 4.69) is 57.5 Å². The minimum atomic E-state index is -2.24. The Balaban J connectivity index is 1.83. The van der Waals surface area contributed by atoms with Crippen molar-refractivity contribution in [1.82, 2.24) is 0 Å². The van der Waals surface area contributed by atoms with Crippen LogP contribution in [0.3, 0.4) is 0 Å². The predicted molar refractivity (Wildman–Crippen MR) is 143 cm³/mol. The molecule has 8 nitrogen and oxygen atoms in total. The summed E-state index contributed by atoms with van der Waals surface area (Å²) < 4.78 is 18.4. The van der Waals surface area contributed by atoms with Crippen LogP contribution in [0, 0.1) is 35.5 Å². The largest absolute Gasteiger partial charge is 0.543 e. The Labute approximate surface area is 223 Å². The molecule has 38 heavy (non-hydrogen) atoms. The van der Waals surface area contributed by atoms with Crippen molar-refractivity contribution in [1.29, 1.82) is 0 Å². The molecule has 198 valence electrons. The number of methoxy groups -OCH3 is 1. The monoisotopic (exact) mass is 533 g/mol. The Morgan fingerprint density at radius 1 is 1.16 bits per heavy atom. The second-order valence-corrected chi connectivity index (χ2v) is 16.3. The number of amides is 1. The maximum atomic E-state index is 13.3. The van der Waals surface area contributed by atoms with E-state index in [1.165, 1.54) is 18.1 Å². The Kier molecular flexibility index (Phi) is 5.58. The van der Waals surface area contributed by atoms with Gasteiger partial charge >= 0.3 is 12.1 Å². The van der Waals surface area contributed by atoms with Crippen molar-refractivity contribution in [3.63, 3.8) is 0 Å². The van der Waals surface area contributed by atoms with Gasteiger partial charge in [-0.25, -0.2) is 9.59 Å². The number of hydrogen-bond donors (Lipinski definition) is 2. The molecule has 2 heterocycles. The normalized spacial score (nSPS) is 31.3. The molecule has 1 amide bonds. The number of carbonyl (C=O) groups is 2. The van der Waals surface area contributed by atoms with Crippen LogP contribution in [0.25, 0.3) is 0 Å². The molecule has 0 unspecified atom stereocenters. The highest BCUT2D eigenvalue weighted by Gasteiger charge is 2.86. The third-order valence-electron chi connectivity index (χ3n) is 8.67. The average Bonchev–Trinajstić information content (AvgIpc) is 3.54. The lowest BCUT2D eigenvalue weighted by molar-refractivity contribution is -0.134. The summed E-state index contributed by atoms with van der Waals surface area (Å²) in [6, 6.07) is 4.51. The fraction of sp³-hybridized carbons (Fsp3) is 0.448. The number of anilines is 1. The zero-order chi connectivity index (χ0) is 27.8. The van der Waals surface area contributed by atoms with E-state index in [0.29, 0.717) is 17.0 Å². The summed E-state index contributed by atoms with van der Waals surface area (Å²) in [6.07, 6.45) is 2.42. The number of aliphatic hydroxyl groups is 1. The van der Waals surface area contributed by atoms with Gasteiger partial charge in [-0.15, -0.1) is 0 Å². The molecule has 4 bridgehead atoms. The summed E-state index contributed by atoms with van der Waals surface area (Å²) in [5, 5.41) is 21.4. The van der Waals surface area contributed by atoms with Crippen LogP contribution in [0.4, 0.5) is 10.5 Å². The molecule has 1 aromatic carbocycles. The third-order valence-corrected chi connectivity index (χ3v) is 13.0. The van der Waals surface area contributed by atoms with Crippen LogP contribution in [-0.4, -0.2) is 49.3 Å². The summed E-state index contributed by atoms with van der Waals surface area (Å²) in [5.74, 6) is 9.11. The van der Waals surface area contributed by atoms with Gasteiger partial charge in [0.25, 0.3) is 0 Å². The van der Waals surface area contributed by atoms with E-state index in [-0.39, 0.29) is 16.4 Å². The summed E-state index contributed by atoms with van der Waals surface area (Å²) in [4.78, 5) is 27.0.